The van der Waals surface area contributed by atoms with Gasteiger partial charge in [0.2, 0.25) is 11.8 Å². The predicted molar refractivity (Wildman–Crippen MR) is 214 cm³/mol. The van der Waals surface area contributed by atoms with Crippen LogP contribution in [-0.4, -0.2) is 145 Å². The van der Waals surface area contributed by atoms with Crippen molar-refractivity contribution < 1.29 is 104 Å². The lowest BCUT2D eigenvalue weighted by molar-refractivity contribution is -0.294. The first-order valence-corrected chi connectivity index (χ1v) is 21.3. The van der Waals surface area contributed by atoms with E-state index in [0.717, 1.165) is 73.3 Å². The van der Waals surface area contributed by atoms with E-state index in [0.29, 0.717) is 0 Å². The van der Waals surface area contributed by atoms with Crippen LogP contribution in [0.15, 0.2) is 17.1 Å². The SMILES string of the molecule is COC(=O)[C@]1(OP(=O)(OCCC#N)OC[C@H]2O[C@@H](n3ccc(NC(C)=O)nc3=O)[C@H](OC(C)=O)[C@@H]2OC(C)=O)C[C@H](OC(C)=O)[C@@H](NC(C)=O)[C@H]([C@H](OC(C)=O)[C@@H](COC(C)=O)OC(C)=O)O1. The number of carbonyl (C=O) groups is 9. The molecule has 2 amide bonds. The Morgan fingerprint density at radius 1 is 0.881 bits per heavy atom. The third-order valence-electron chi connectivity index (χ3n) is 8.91. The highest BCUT2D eigenvalue weighted by atomic mass is 31.2. The van der Waals surface area contributed by atoms with Crippen molar-refractivity contribution in [3.63, 3.8) is 0 Å². The van der Waals surface area contributed by atoms with Gasteiger partial charge >= 0.3 is 55.3 Å². The molecule has 11 atom stereocenters. The molecule has 0 radical (unpaired) electrons. The first-order chi connectivity index (χ1) is 31.3. The van der Waals surface area contributed by atoms with Gasteiger partial charge < -0.3 is 53.3 Å². The van der Waals surface area contributed by atoms with Crippen LogP contribution in [0.1, 0.15) is 74.5 Å². The van der Waals surface area contributed by atoms with E-state index in [-0.39, 0.29) is 5.82 Å². The Balaban J connectivity index is 2.25. The number of carbonyl (C=O) groups excluding carboxylic acids is 9. The molecule has 0 aliphatic carbocycles. The van der Waals surface area contributed by atoms with Crippen molar-refractivity contribution in [3.8, 4) is 6.07 Å². The van der Waals surface area contributed by atoms with Gasteiger partial charge in [-0.2, -0.15) is 10.2 Å². The van der Waals surface area contributed by atoms with E-state index in [4.69, 9.17) is 56.2 Å². The zero-order valence-electron chi connectivity index (χ0n) is 37.6. The summed E-state index contributed by atoms with van der Waals surface area (Å²) >= 11 is 0. The second-order valence-corrected chi connectivity index (χ2v) is 16.0. The fourth-order valence-corrected chi connectivity index (χ4v) is 8.08. The molecule has 2 aliphatic rings. The largest absolute Gasteiger partial charge is 0.477 e. The zero-order valence-corrected chi connectivity index (χ0v) is 38.5. The van der Waals surface area contributed by atoms with E-state index >= 15 is 0 Å². The molecule has 370 valence electrons. The van der Waals surface area contributed by atoms with E-state index in [2.05, 4.69) is 15.6 Å². The highest BCUT2D eigenvalue weighted by molar-refractivity contribution is 7.48. The average molecular weight is 976 g/mol. The summed E-state index contributed by atoms with van der Waals surface area (Å²) in [4.78, 5) is 130. The molecule has 29 heteroatoms. The molecule has 1 unspecified atom stereocenters. The lowest BCUT2D eigenvalue weighted by Gasteiger charge is -2.48. The van der Waals surface area contributed by atoms with Gasteiger partial charge in [-0.25, -0.2) is 18.7 Å². The first-order valence-electron chi connectivity index (χ1n) is 19.9. The van der Waals surface area contributed by atoms with Gasteiger partial charge in [0.25, 0.3) is 5.79 Å². The normalized spacial score (nSPS) is 25.0. The molecule has 2 aliphatic heterocycles. The number of nitrogens with one attached hydrogen (secondary N) is 2. The minimum absolute atomic E-state index is 0.170. The van der Waals surface area contributed by atoms with Crippen LogP contribution in [0.2, 0.25) is 0 Å². The number of esters is 7. The van der Waals surface area contributed by atoms with Gasteiger partial charge in [0, 0.05) is 61.6 Å². The Morgan fingerprint density at radius 3 is 2.03 bits per heavy atom. The molecule has 67 heavy (non-hydrogen) atoms. The summed E-state index contributed by atoms with van der Waals surface area (Å²) in [5.41, 5.74) is -1.06. The molecule has 0 spiro atoms. The minimum Gasteiger partial charge on any atom is -0.465 e. The summed E-state index contributed by atoms with van der Waals surface area (Å²) in [7, 11) is -4.70. The number of rotatable bonds is 21. The molecular formula is C38H50N5O23P. The Kier molecular flexibility index (Phi) is 20.0. The maximum atomic E-state index is 15.0. The Hall–Kier alpha value is -6.37. The van der Waals surface area contributed by atoms with Crippen molar-refractivity contribution in [2.45, 2.75) is 129 Å². The van der Waals surface area contributed by atoms with Crippen LogP contribution in [0.4, 0.5) is 5.82 Å². The number of nitriles is 1. The number of anilines is 1. The molecule has 2 saturated heterocycles. The van der Waals surface area contributed by atoms with Gasteiger partial charge in [-0.15, -0.1) is 0 Å². The van der Waals surface area contributed by atoms with Crippen molar-refractivity contribution >= 4 is 67.2 Å². The van der Waals surface area contributed by atoms with Crippen LogP contribution in [-0.2, 0) is 104 Å². The molecule has 1 aromatic rings. The van der Waals surface area contributed by atoms with Crippen LogP contribution in [0.25, 0.3) is 0 Å². The van der Waals surface area contributed by atoms with Gasteiger partial charge in [0.15, 0.2) is 30.6 Å². The molecule has 28 nitrogen and oxygen atoms in total. The van der Waals surface area contributed by atoms with Gasteiger partial charge in [-0.05, 0) is 6.07 Å². The number of ether oxygens (including phenoxy) is 9. The zero-order chi connectivity index (χ0) is 50.4. The molecule has 2 N–H and O–H groups in total. The number of hydrogen-bond acceptors (Lipinski definition) is 25. The van der Waals surface area contributed by atoms with Crippen LogP contribution in [0, 0.1) is 11.3 Å². The smallest absolute Gasteiger partial charge is 0.465 e. The Bertz CT molecular complexity index is 2200. The molecule has 0 aromatic carbocycles. The highest BCUT2D eigenvalue weighted by Gasteiger charge is 2.62. The third-order valence-corrected chi connectivity index (χ3v) is 10.4. The molecule has 1 aromatic heterocycles. The Labute approximate surface area is 380 Å². The van der Waals surface area contributed by atoms with Gasteiger partial charge in [0.1, 0.15) is 30.7 Å². The van der Waals surface area contributed by atoms with Gasteiger partial charge in [-0.1, -0.05) is 0 Å². The first kappa shape index (κ1) is 55.0. The average Bonchev–Trinajstić information content (AvgIpc) is 3.52. The maximum absolute atomic E-state index is 15.0. The van der Waals surface area contributed by atoms with Gasteiger partial charge in [-0.3, -0.25) is 52.0 Å². The van der Waals surface area contributed by atoms with Crippen molar-refractivity contribution in [1.29, 1.82) is 5.26 Å². The van der Waals surface area contributed by atoms with Crippen LogP contribution in [0.3, 0.4) is 0 Å². The molecule has 0 bridgehead atoms. The fourth-order valence-electron chi connectivity index (χ4n) is 6.70. The highest BCUT2D eigenvalue weighted by Crippen LogP contribution is 2.56. The van der Waals surface area contributed by atoms with Crippen LogP contribution in [0.5, 0.6) is 0 Å². The van der Waals surface area contributed by atoms with Crippen molar-refractivity contribution in [2.75, 3.05) is 32.2 Å². The minimum atomic E-state index is -5.51. The van der Waals surface area contributed by atoms with E-state index in [9.17, 15) is 57.8 Å². The van der Waals surface area contributed by atoms with Crippen LogP contribution < -0.4 is 16.3 Å². The quantitative estimate of drug-likeness (QED) is 0.0682. The topological polar surface area (TPSA) is 364 Å². The summed E-state index contributed by atoms with van der Waals surface area (Å²) in [6.07, 6.45) is -14.8. The van der Waals surface area contributed by atoms with Gasteiger partial charge in [0.05, 0.1) is 45.3 Å². The summed E-state index contributed by atoms with van der Waals surface area (Å²) < 4.78 is 82.1. The lowest BCUT2D eigenvalue weighted by Crippen LogP contribution is -2.69. The summed E-state index contributed by atoms with van der Waals surface area (Å²) in [5, 5.41) is 14.1. The lowest BCUT2D eigenvalue weighted by atomic mass is 9.88. The second-order valence-electron chi connectivity index (χ2n) is 14.4. The molecule has 0 saturated carbocycles. The van der Waals surface area contributed by atoms with Crippen LogP contribution >= 0.6 is 7.82 Å². The summed E-state index contributed by atoms with van der Waals surface area (Å²) in [6, 6.07) is 1.25. The van der Waals surface area contributed by atoms with E-state index < -0.39 is 161 Å². The number of nitrogens with zero attached hydrogens (tertiary/aromatic N) is 3. The third kappa shape index (κ3) is 15.9. The maximum Gasteiger partial charge on any atom is 0.477 e. The number of phosphoric acid groups is 1. The van der Waals surface area contributed by atoms with Crippen molar-refractivity contribution in [3.05, 3.63) is 22.7 Å². The molecule has 3 heterocycles. The van der Waals surface area contributed by atoms with E-state index in [1.807, 2.05) is 0 Å². The predicted octanol–water partition coefficient (Wildman–Crippen LogP) is -0.445. The van der Waals surface area contributed by atoms with Crippen molar-refractivity contribution in [2.24, 2.45) is 0 Å². The number of phosphoric ester groups is 1. The molecule has 3 rings (SSSR count). The summed E-state index contributed by atoms with van der Waals surface area (Å²) in [6.45, 7) is 5.23. The Morgan fingerprint density at radius 2 is 1.51 bits per heavy atom. The standard InChI is InChI=1S/C38H50N5O23P/c1-18(44)40-29-11-13-43(37(53)42-29)35-34(63-25(8)51)32(62-24(7)50)28(64-35)17-58-67(54,57-14-10-12-39)66-38(36(52)55-9)15-26(59-21(4)47)30(41-19(2)45)33(65-38)31(61-23(6)49)27(60-22(5)48)16-56-20(3)46/h11,13,26-28,30-35H,10,14-17H2,1-9H3,(H,41,45)(H,40,42,44,53)/t26-,27+,28+,30+,31+,32+,33+,34+,35+,38+,67?/m0/s1. The molecular weight excluding hydrogens is 925 g/mol. The number of methoxy groups -OCH3 is 1. The van der Waals surface area contributed by atoms with E-state index in [1.54, 1.807) is 6.07 Å². The fraction of sp³-hybridized carbons (Fsp3) is 0.632. The number of hydrogen-bond donors (Lipinski definition) is 2. The monoisotopic (exact) mass is 975 g/mol. The second kappa shape index (κ2) is 24.4. The molecule has 2 fully saturated rings. The van der Waals surface area contributed by atoms with Crippen molar-refractivity contribution in [1.82, 2.24) is 14.9 Å². The van der Waals surface area contributed by atoms with E-state index in [1.165, 1.54) is 6.07 Å². The number of amides is 2. The summed E-state index contributed by atoms with van der Waals surface area (Å²) in [5.74, 6) is -12.3. The number of aromatic nitrogens is 2.